The van der Waals surface area contributed by atoms with Gasteiger partial charge in [0.25, 0.3) is 0 Å². The third-order valence-electron chi connectivity index (χ3n) is 2.75. The zero-order valence-corrected chi connectivity index (χ0v) is 11.1. The third kappa shape index (κ3) is 3.98. The first-order valence-corrected chi connectivity index (χ1v) is 6.06. The van der Waals surface area contributed by atoms with Crippen molar-refractivity contribution in [2.24, 2.45) is 0 Å². The highest BCUT2D eigenvalue weighted by molar-refractivity contribution is 6.01. The van der Waals surface area contributed by atoms with E-state index in [9.17, 15) is 18.0 Å². The Labute approximate surface area is 119 Å². The number of hydrogen-bond donors (Lipinski definition) is 1. The number of hydrogen-bond acceptors (Lipinski definition) is 2. The molecule has 0 atom stereocenters. The van der Waals surface area contributed by atoms with Gasteiger partial charge in [0.05, 0.1) is 11.8 Å². The molecule has 0 aliphatic rings. The minimum Gasteiger partial charge on any atom is -0.465 e. The fourth-order valence-corrected chi connectivity index (χ4v) is 1.73. The van der Waals surface area contributed by atoms with Crippen molar-refractivity contribution in [1.82, 2.24) is 0 Å². The predicted octanol–water partition coefficient (Wildman–Crippen LogP) is 4.26. The summed E-state index contributed by atoms with van der Waals surface area (Å²) < 4.78 is 43.3. The Bertz CT molecular complexity index is 658. The summed E-state index contributed by atoms with van der Waals surface area (Å²) >= 11 is 0. The number of rotatable bonds is 3. The average molecular weight is 295 g/mol. The van der Waals surface area contributed by atoms with Crippen molar-refractivity contribution in [3.05, 3.63) is 59.6 Å². The second kappa shape index (κ2) is 5.87. The number of aryl methyl sites for hydroxylation is 1. The van der Waals surface area contributed by atoms with Crippen molar-refractivity contribution < 1.29 is 22.4 Å². The zero-order valence-electron chi connectivity index (χ0n) is 11.1. The molecule has 0 spiro atoms. The Balaban J connectivity index is 2.11. The maximum atomic E-state index is 12.8. The Morgan fingerprint density at radius 2 is 2.05 bits per heavy atom. The van der Waals surface area contributed by atoms with E-state index in [4.69, 9.17) is 4.42 Å². The average Bonchev–Trinajstić information content (AvgIpc) is 2.90. The van der Waals surface area contributed by atoms with E-state index in [2.05, 4.69) is 5.32 Å². The minimum absolute atomic E-state index is 0.0852. The summed E-state index contributed by atoms with van der Waals surface area (Å²) in [5.74, 6) is -0.0617. The Kier molecular flexibility index (Phi) is 4.16. The summed E-state index contributed by atoms with van der Waals surface area (Å²) in [6.45, 7) is 1.37. The lowest BCUT2D eigenvalue weighted by molar-refractivity contribution is -0.138. The van der Waals surface area contributed by atoms with Crippen LogP contribution in [0.3, 0.4) is 0 Å². The van der Waals surface area contributed by atoms with Crippen LogP contribution in [0.4, 0.5) is 18.9 Å². The van der Waals surface area contributed by atoms with Crippen LogP contribution in [0.25, 0.3) is 6.08 Å². The van der Waals surface area contributed by atoms with Crippen LogP contribution in [0.15, 0.2) is 47.1 Å². The summed E-state index contributed by atoms with van der Waals surface area (Å²) in [6.07, 6.45) is -0.387. The van der Waals surface area contributed by atoms with E-state index in [-0.39, 0.29) is 11.3 Å². The maximum absolute atomic E-state index is 12.8. The van der Waals surface area contributed by atoms with Crippen molar-refractivity contribution >= 4 is 17.7 Å². The number of furan rings is 1. The first-order valence-electron chi connectivity index (χ1n) is 6.06. The van der Waals surface area contributed by atoms with Gasteiger partial charge in [-0.05, 0) is 42.8 Å². The molecule has 110 valence electrons. The molecule has 2 rings (SSSR count). The maximum Gasteiger partial charge on any atom is 0.416 e. The number of alkyl halides is 3. The number of carbonyl (C=O) groups is 1. The zero-order chi connectivity index (χ0) is 15.5. The Morgan fingerprint density at radius 3 is 2.67 bits per heavy atom. The van der Waals surface area contributed by atoms with Crippen LogP contribution >= 0.6 is 0 Å². The van der Waals surface area contributed by atoms with Gasteiger partial charge in [-0.15, -0.1) is 0 Å². The van der Waals surface area contributed by atoms with E-state index < -0.39 is 17.6 Å². The molecule has 1 amide bonds. The lowest BCUT2D eigenvalue weighted by Crippen LogP contribution is -2.11. The Hall–Kier alpha value is -2.50. The number of halogens is 3. The number of carbonyl (C=O) groups excluding carboxylic acids is 1. The van der Waals surface area contributed by atoms with E-state index in [1.165, 1.54) is 37.5 Å². The highest BCUT2D eigenvalue weighted by atomic mass is 19.4. The largest absolute Gasteiger partial charge is 0.465 e. The van der Waals surface area contributed by atoms with Gasteiger partial charge in [-0.3, -0.25) is 4.79 Å². The Morgan fingerprint density at radius 1 is 1.29 bits per heavy atom. The first-order chi connectivity index (χ1) is 9.86. The summed E-state index contributed by atoms with van der Waals surface area (Å²) in [5, 5.41) is 2.38. The van der Waals surface area contributed by atoms with Gasteiger partial charge in [-0.1, -0.05) is 6.07 Å². The van der Waals surface area contributed by atoms with Gasteiger partial charge in [0.1, 0.15) is 5.76 Å². The molecule has 0 aliphatic carbocycles. The molecule has 0 fully saturated rings. The van der Waals surface area contributed by atoms with Gasteiger partial charge in [0.2, 0.25) is 5.91 Å². The number of nitrogens with one attached hydrogen (secondary N) is 1. The van der Waals surface area contributed by atoms with E-state index in [1.807, 2.05) is 0 Å². The smallest absolute Gasteiger partial charge is 0.416 e. The van der Waals surface area contributed by atoms with E-state index in [0.29, 0.717) is 5.76 Å². The molecule has 0 saturated heterocycles. The molecule has 1 heterocycles. The fraction of sp³-hybridized carbons (Fsp3) is 0.133. The third-order valence-corrected chi connectivity index (χ3v) is 2.75. The van der Waals surface area contributed by atoms with Crippen molar-refractivity contribution in [1.29, 1.82) is 0 Å². The lowest BCUT2D eigenvalue weighted by atomic mass is 10.1. The molecule has 0 unspecified atom stereocenters. The van der Waals surface area contributed by atoms with Gasteiger partial charge < -0.3 is 9.73 Å². The van der Waals surface area contributed by atoms with Crippen LogP contribution < -0.4 is 5.32 Å². The van der Waals surface area contributed by atoms with Crippen LogP contribution in [0, 0.1) is 6.92 Å². The SMILES string of the molecule is Cc1ccc(NC(=O)/C=C/c2ccco2)cc1C(F)(F)F. The molecule has 1 N–H and O–H groups in total. The number of benzene rings is 1. The molecule has 1 aromatic heterocycles. The van der Waals surface area contributed by atoms with Gasteiger partial charge in [0, 0.05) is 11.8 Å². The van der Waals surface area contributed by atoms with Gasteiger partial charge in [0.15, 0.2) is 0 Å². The van der Waals surface area contributed by atoms with Gasteiger partial charge >= 0.3 is 6.18 Å². The summed E-state index contributed by atoms with van der Waals surface area (Å²) in [4.78, 5) is 11.6. The molecule has 0 radical (unpaired) electrons. The van der Waals surface area contributed by atoms with E-state index >= 15 is 0 Å². The van der Waals surface area contributed by atoms with E-state index in [1.54, 1.807) is 12.1 Å². The second-order valence-electron chi connectivity index (χ2n) is 4.37. The molecule has 1 aromatic carbocycles. The second-order valence-corrected chi connectivity index (χ2v) is 4.37. The normalized spacial score (nSPS) is 11.8. The lowest BCUT2D eigenvalue weighted by Gasteiger charge is -2.12. The standard InChI is InChI=1S/C15H12F3NO2/c1-10-4-5-11(9-13(10)15(16,17)18)19-14(20)7-6-12-3-2-8-21-12/h2-9H,1H3,(H,19,20)/b7-6+. The van der Waals surface area contributed by atoms with Crippen molar-refractivity contribution in [3.63, 3.8) is 0 Å². The van der Waals surface area contributed by atoms with Crippen LogP contribution in [-0.2, 0) is 11.0 Å². The molecule has 0 aliphatic heterocycles. The summed E-state index contributed by atoms with van der Waals surface area (Å²) in [5.41, 5.74) is -0.580. The van der Waals surface area contributed by atoms with Gasteiger partial charge in [-0.2, -0.15) is 13.2 Å². The first kappa shape index (κ1) is 14.9. The molecule has 0 bridgehead atoms. The molecule has 2 aromatic rings. The molecule has 6 heteroatoms. The van der Waals surface area contributed by atoms with Crippen molar-refractivity contribution in [2.75, 3.05) is 5.32 Å². The minimum atomic E-state index is -4.45. The van der Waals surface area contributed by atoms with Crippen molar-refractivity contribution in [3.8, 4) is 0 Å². The topological polar surface area (TPSA) is 42.2 Å². The summed E-state index contributed by atoms with van der Waals surface area (Å²) in [6, 6.07) is 6.95. The highest BCUT2D eigenvalue weighted by Crippen LogP contribution is 2.33. The van der Waals surface area contributed by atoms with Crippen LogP contribution in [0.1, 0.15) is 16.9 Å². The quantitative estimate of drug-likeness (QED) is 0.860. The van der Waals surface area contributed by atoms with E-state index in [0.717, 1.165) is 6.07 Å². The molecule has 3 nitrogen and oxygen atoms in total. The number of amides is 1. The predicted molar refractivity (Wildman–Crippen MR) is 72.6 cm³/mol. The van der Waals surface area contributed by atoms with Crippen LogP contribution in [-0.4, -0.2) is 5.91 Å². The van der Waals surface area contributed by atoms with Crippen molar-refractivity contribution in [2.45, 2.75) is 13.1 Å². The van der Waals surface area contributed by atoms with Crippen LogP contribution in [0.5, 0.6) is 0 Å². The molecule has 0 saturated carbocycles. The highest BCUT2D eigenvalue weighted by Gasteiger charge is 2.32. The summed E-state index contributed by atoms with van der Waals surface area (Å²) in [7, 11) is 0. The fourth-order valence-electron chi connectivity index (χ4n) is 1.73. The number of anilines is 1. The molecule has 21 heavy (non-hydrogen) atoms. The molecular weight excluding hydrogens is 283 g/mol. The molecular formula is C15H12F3NO2. The van der Waals surface area contributed by atoms with Gasteiger partial charge in [-0.25, -0.2) is 0 Å². The van der Waals surface area contributed by atoms with Crippen LogP contribution in [0.2, 0.25) is 0 Å². The monoisotopic (exact) mass is 295 g/mol.